The van der Waals surface area contributed by atoms with Crippen LogP contribution >= 0.6 is 23.2 Å². The van der Waals surface area contributed by atoms with E-state index in [1.54, 1.807) is 33.9 Å². The minimum Gasteiger partial charge on any atom is -0.479 e. The van der Waals surface area contributed by atoms with Gasteiger partial charge in [0.05, 0.1) is 21.3 Å². The van der Waals surface area contributed by atoms with E-state index in [4.69, 9.17) is 42.3 Å². The summed E-state index contributed by atoms with van der Waals surface area (Å²) in [7, 11) is 1.68. The van der Waals surface area contributed by atoms with Gasteiger partial charge >= 0.3 is 5.97 Å². The number of ether oxygens (including phenoxy) is 2. The van der Waals surface area contributed by atoms with Gasteiger partial charge in [-0.1, -0.05) is 28.4 Å². The number of aliphatic hydroxyl groups is 1. The number of aromatic nitrogens is 3. The second-order valence-electron chi connectivity index (χ2n) is 7.44. The number of hydrogen-bond acceptors (Lipinski definition) is 7. The lowest BCUT2D eigenvalue weighted by Gasteiger charge is -2.15. The van der Waals surface area contributed by atoms with Crippen molar-refractivity contribution in [2.45, 2.75) is 39.4 Å². The predicted molar refractivity (Wildman–Crippen MR) is 113 cm³/mol. The fraction of sp³-hybridized carbons (Fsp3) is 0.350. The fourth-order valence-electron chi connectivity index (χ4n) is 2.75. The SMILES string of the molecule is Cc1nn(C)c(Oc2cc(O[C@@H](C)C(=O)O)c(Cl)cc2Cl)c1-c1cc(C(C)(C)O)on1. The molecule has 3 rings (SSSR count). The van der Waals surface area contributed by atoms with Gasteiger partial charge in [0.15, 0.2) is 17.6 Å². The zero-order chi connectivity index (χ0) is 23.1. The summed E-state index contributed by atoms with van der Waals surface area (Å²) >= 11 is 12.4. The van der Waals surface area contributed by atoms with E-state index in [9.17, 15) is 9.90 Å². The summed E-state index contributed by atoms with van der Waals surface area (Å²) in [6, 6.07) is 4.40. The number of halogens is 2. The molecule has 0 bridgehead atoms. The summed E-state index contributed by atoms with van der Waals surface area (Å²) in [6.07, 6.45) is -1.13. The molecule has 0 saturated carbocycles. The van der Waals surface area contributed by atoms with Crippen molar-refractivity contribution >= 4 is 29.2 Å². The van der Waals surface area contributed by atoms with E-state index in [1.165, 1.54) is 23.7 Å². The Morgan fingerprint density at radius 3 is 2.45 bits per heavy atom. The highest BCUT2D eigenvalue weighted by Gasteiger charge is 2.27. The van der Waals surface area contributed by atoms with Gasteiger partial charge in [-0.3, -0.25) is 0 Å². The van der Waals surface area contributed by atoms with Crippen LogP contribution in [0.3, 0.4) is 0 Å². The lowest BCUT2D eigenvalue weighted by molar-refractivity contribution is -0.144. The number of aliphatic carboxylic acids is 1. The third-order valence-corrected chi connectivity index (χ3v) is 4.97. The monoisotopic (exact) mass is 469 g/mol. The van der Waals surface area contributed by atoms with Crippen molar-refractivity contribution < 1.29 is 29.0 Å². The summed E-state index contributed by atoms with van der Waals surface area (Å²) in [5.74, 6) is -0.294. The Morgan fingerprint density at radius 2 is 1.87 bits per heavy atom. The van der Waals surface area contributed by atoms with Gasteiger partial charge in [0, 0.05) is 19.2 Å². The van der Waals surface area contributed by atoms with Crippen molar-refractivity contribution in [2.24, 2.45) is 7.05 Å². The van der Waals surface area contributed by atoms with Gasteiger partial charge in [0.1, 0.15) is 17.0 Å². The minimum absolute atomic E-state index is 0.0992. The number of benzene rings is 1. The second kappa shape index (κ2) is 8.41. The van der Waals surface area contributed by atoms with Gasteiger partial charge in [-0.25, -0.2) is 9.48 Å². The highest BCUT2D eigenvalue weighted by Crippen LogP contribution is 2.42. The quantitative estimate of drug-likeness (QED) is 0.516. The zero-order valence-electron chi connectivity index (χ0n) is 17.4. The van der Waals surface area contributed by atoms with E-state index in [-0.39, 0.29) is 27.3 Å². The molecule has 1 aromatic carbocycles. The zero-order valence-corrected chi connectivity index (χ0v) is 18.9. The first-order chi connectivity index (χ1) is 14.4. The summed E-state index contributed by atoms with van der Waals surface area (Å²) in [5, 5.41) is 28.0. The molecule has 166 valence electrons. The predicted octanol–water partition coefficient (Wildman–Crippen LogP) is 4.56. The highest BCUT2D eigenvalue weighted by atomic mass is 35.5. The highest BCUT2D eigenvalue weighted by molar-refractivity contribution is 6.36. The smallest absolute Gasteiger partial charge is 0.344 e. The third-order valence-electron chi connectivity index (χ3n) is 4.38. The molecule has 0 amide bonds. The van der Waals surface area contributed by atoms with Crippen LogP contribution in [0.1, 0.15) is 32.2 Å². The van der Waals surface area contributed by atoms with Crippen LogP contribution < -0.4 is 9.47 Å². The molecule has 1 atom stereocenters. The molecule has 11 heteroatoms. The number of nitrogens with zero attached hydrogens (tertiary/aromatic N) is 3. The Morgan fingerprint density at radius 1 is 1.23 bits per heavy atom. The van der Waals surface area contributed by atoms with E-state index in [0.717, 1.165) is 0 Å². The van der Waals surface area contributed by atoms with E-state index in [1.807, 2.05) is 0 Å². The van der Waals surface area contributed by atoms with Crippen molar-refractivity contribution in [2.75, 3.05) is 0 Å². The Hall–Kier alpha value is -2.75. The van der Waals surface area contributed by atoms with Crippen LogP contribution in [-0.2, 0) is 17.4 Å². The average Bonchev–Trinajstić information content (AvgIpc) is 3.23. The van der Waals surface area contributed by atoms with E-state index < -0.39 is 17.7 Å². The maximum Gasteiger partial charge on any atom is 0.344 e. The Labute approximate surface area is 188 Å². The molecule has 2 heterocycles. The van der Waals surface area contributed by atoms with Crippen LogP contribution in [0.5, 0.6) is 17.4 Å². The molecular formula is C20H21Cl2N3O6. The Bertz CT molecular complexity index is 1130. The lowest BCUT2D eigenvalue weighted by atomic mass is 10.1. The number of hydrogen-bond donors (Lipinski definition) is 2. The number of rotatable bonds is 7. The molecule has 0 aliphatic carbocycles. The molecule has 2 N–H and O–H groups in total. The Kier molecular flexibility index (Phi) is 6.22. The molecule has 0 fully saturated rings. The number of aryl methyl sites for hydroxylation is 2. The van der Waals surface area contributed by atoms with Gasteiger partial charge in [-0.2, -0.15) is 5.10 Å². The van der Waals surface area contributed by atoms with Crippen molar-refractivity contribution in [1.29, 1.82) is 0 Å². The van der Waals surface area contributed by atoms with Gasteiger partial charge in [-0.05, 0) is 33.8 Å². The summed E-state index contributed by atoms with van der Waals surface area (Å²) in [6.45, 7) is 6.31. The first kappa shape index (κ1) is 22.9. The minimum atomic E-state index is -1.21. The van der Waals surface area contributed by atoms with Crippen molar-refractivity contribution in [1.82, 2.24) is 14.9 Å². The summed E-state index contributed by atoms with van der Waals surface area (Å²) in [4.78, 5) is 11.1. The molecule has 3 aromatic rings. The van der Waals surface area contributed by atoms with E-state index in [2.05, 4.69) is 10.3 Å². The molecule has 31 heavy (non-hydrogen) atoms. The first-order valence-electron chi connectivity index (χ1n) is 9.18. The maximum absolute atomic E-state index is 11.1. The van der Waals surface area contributed by atoms with Crippen LogP contribution in [0.25, 0.3) is 11.3 Å². The Balaban J connectivity index is 2.02. The number of carboxylic acids is 1. The third kappa shape index (κ3) is 4.79. The van der Waals surface area contributed by atoms with E-state index >= 15 is 0 Å². The topological polar surface area (TPSA) is 120 Å². The van der Waals surface area contributed by atoms with Crippen LogP contribution in [0.15, 0.2) is 22.7 Å². The molecule has 0 unspecified atom stereocenters. The molecule has 0 radical (unpaired) electrons. The molecule has 0 aliphatic rings. The van der Waals surface area contributed by atoms with Crippen LogP contribution in [-0.4, -0.2) is 37.2 Å². The summed E-state index contributed by atoms with van der Waals surface area (Å²) < 4.78 is 18.2. The fourth-order valence-corrected chi connectivity index (χ4v) is 3.22. The van der Waals surface area contributed by atoms with E-state index in [0.29, 0.717) is 22.8 Å². The number of carbonyl (C=O) groups is 1. The van der Waals surface area contributed by atoms with Gasteiger partial charge < -0.3 is 24.2 Å². The van der Waals surface area contributed by atoms with Gasteiger partial charge in [-0.15, -0.1) is 0 Å². The van der Waals surface area contributed by atoms with Gasteiger partial charge in [0.2, 0.25) is 5.88 Å². The molecule has 2 aromatic heterocycles. The van der Waals surface area contributed by atoms with Crippen LogP contribution in [0.2, 0.25) is 10.0 Å². The molecule has 0 spiro atoms. The first-order valence-corrected chi connectivity index (χ1v) is 9.94. The lowest BCUT2D eigenvalue weighted by Crippen LogP contribution is -2.23. The molecule has 9 nitrogen and oxygen atoms in total. The van der Waals surface area contributed by atoms with Crippen LogP contribution in [0, 0.1) is 6.92 Å². The largest absolute Gasteiger partial charge is 0.479 e. The summed E-state index contributed by atoms with van der Waals surface area (Å²) in [5.41, 5.74) is 0.344. The second-order valence-corrected chi connectivity index (χ2v) is 8.25. The van der Waals surface area contributed by atoms with Gasteiger partial charge in [0.25, 0.3) is 0 Å². The van der Waals surface area contributed by atoms with Crippen molar-refractivity contribution in [3.8, 4) is 28.6 Å². The maximum atomic E-state index is 11.1. The van der Waals surface area contributed by atoms with Crippen molar-refractivity contribution in [3.05, 3.63) is 39.7 Å². The number of carboxylic acid groups (broad SMARTS) is 1. The molecule has 0 saturated heterocycles. The molecule has 0 aliphatic heterocycles. The molecular weight excluding hydrogens is 449 g/mol. The van der Waals surface area contributed by atoms with Crippen molar-refractivity contribution in [3.63, 3.8) is 0 Å². The normalized spacial score (nSPS) is 12.6. The standard InChI is InChI=1S/C20H21Cl2N3O6/c1-9-17(13-7-16(31-24-13)20(3,4)28)18(25(5)23-9)30-15-8-14(11(21)6-12(15)22)29-10(2)19(26)27/h6-8,10,28H,1-5H3,(H,26,27)/t10-/m0/s1. The average molecular weight is 470 g/mol. The van der Waals surface area contributed by atoms with Crippen LogP contribution in [0.4, 0.5) is 0 Å².